The zero-order valence-corrected chi connectivity index (χ0v) is 17.9. The van der Waals surface area contributed by atoms with Gasteiger partial charge in [-0.2, -0.15) is 0 Å². The minimum Gasteiger partial charge on any atom is -0.431 e. The van der Waals surface area contributed by atoms with Crippen LogP contribution in [-0.2, 0) is 14.3 Å². The van der Waals surface area contributed by atoms with Crippen LogP contribution in [0.1, 0.15) is 67.6 Å². The van der Waals surface area contributed by atoms with E-state index >= 15 is 0 Å². The molecule has 1 aliphatic rings. The Bertz CT molecular complexity index is 988. The van der Waals surface area contributed by atoms with Crippen molar-refractivity contribution in [1.29, 1.82) is 0 Å². The van der Waals surface area contributed by atoms with Crippen LogP contribution in [0.2, 0.25) is 0 Å². The van der Waals surface area contributed by atoms with Gasteiger partial charge in [-0.1, -0.05) is 49.7 Å². The summed E-state index contributed by atoms with van der Waals surface area (Å²) in [7, 11) is 0. The van der Waals surface area contributed by atoms with Gasteiger partial charge in [-0.25, -0.2) is 0 Å². The number of nitrogens with zero attached hydrogens (tertiary/aromatic N) is 1. The molecule has 2 aromatic rings. The number of Topliss-reactive ketones (excluding diaryl/α,β-unsaturated/α-hetero) is 2. The van der Waals surface area contributed by atoms with Crippen LogP contribution in [0, 0.1) is 12.3 Å². The van der Waals surface area contributed by atoms with Crippen LogP contribution in [-0.4, -0.2) is 22.5 Å². The molecule has 0 bridgehead atoms. The van der Waals surface area contributed by atoms with E-state index in [9.17, 15) is 14.4 Å². The van der Waals surface area contributed by atoms with Crippen molar-refractivity contribution < 1.29 is 19.1 Å². The highest BCUT2D eigenvalue weighted by molar-refractivity contribution is 6.01. The van der Waals surface area contributed by atoms with Crippen molar-refractivity contribution in [2.45, 2.75) is 52.9 Å². The number of ether oxygens (including phenoxy) is 1. The van der Waals surface area contributed by atoms with E-state index in [1.807, 2.05) is 45.0 Å². The quantitative estimate of drug-likeness (QED) is 0.502. The van der Waals surface area contributed by atoms with Gasteiger partial charge in [0.05, 0.1) is 0 Å². The van der Waals surface area contributed by atoms with Gasteiger partial charge in [0.15, 0.2) is 11.6 Å². The van der Waals surface area contributed by atoms with E-state index in [4.69, 9.17) is 4.74 Å². The predicted molar refractivity (Wildman–Crippen MR) is 114 cm³/mol. The smallest absolute Gasteiger partial charge is 0.307 e. The van der Waals surface area contributed by atoms with Gasteiger partial charge < -0.3 is 4.74 Å². The summed E-state index contributed by atoms with van der Waals surface area (Å²) >= 11 is 0. The summed E-state index contributed by atoms with van der Waals surface area (Å²) in [5, 5.41) is 0. The van der Waals surface area contributed by atoms with Crippen LogP contribution >= 0.6 is 0 Å². The molecule has 1 atom stereocenters. The molecule has 3 rings (SSSR count). The largest absolute Gasteiger partial charge is 0.431 e. The highest BCUT2D eigenvalue weighted by atomic mass is 16.5. The van der Waals surface area contributed by atoms with Crippen LogP contribution in [0.5, 0.6) is 0 Å². The Morgan fingerprint density at radius 2 is 1.80 bits per heavy atom. The molecule has 0 aliphatic heterocycles. The molecular weight excluding hydrogens is 378 g/mol. The third-order valence-electron chi connectivity index (χ3n) is 5.31. The number of pyridine rings is 1. The van der Waals surface area contributed by atoms with Crippen molar-refractivity contribution in [3.8, 4) is 0 Å². The minimum absolute atomic E-state index is 0.0757. The first kappa shape index (κ1) is 21.6. The zero-order valence-electron chi connectivity index (χ0n) is 17.9. The van der Waals surface area contributed by atoms with Gasteiger partial charge >= 0.3 is 5.97 Å². The summed E-state index contributed by atoms with van der Waals surface area (Å²) < 4.78 is 5.52. The summed E-state index contributed by atoms with van der Waals surface area (Å²) in [6.07, 6.45) is 2.46. The summed E-state index contributed by atoms with van der Waals surface area (Å²) in [6, 6.07) is 12.9. The Morgan fingerprint density at radius 1 is 1.10 bits per heavy atom. The Morgan fingerprint density at radius 3 is 2.40 bits per heavy atom. The first-order valence-corrected chi connectivity index (χ1v) is 10.1. The van der Waals surface area contributed by atoms with Crippen molar-refractivity contribution in [2.24, 2.45) is 5.41 Å². The lowest BCUT2D eigenvalue weighted by Gasteiger charge is -2.34. The molecule has 1 aromatic heterocycles. The third kappa shape index (κ3) is 5.09. The molecule has 1 aromatic carbocycles. The topological polar surface area (TPSA) is 73.3 Å². The van der Waals surface area contributed by atoms with E-state index in [2.05, 4.69) is 4.98 Å². The number of ketones is 2. The van der Waals surface area contributed by atoms with Gasteiger partial charge in [0.1, 0.15) is 11.5 Å². The molecule has 0 radical (unpaired) electrons. The number of esters is 1. The van der Waals surface area contributed by atoms with Gasteiger partial charge in [-0.05, 0) is 30.0 Å². The van der Waals surface area contributed by atoms with Crippen molar-refractivity contribution in [1.82, 2.24) is 4.98 Å². The van der Waals surface area contributed by atoms with E-state index in [1.165, 1.54) is 6.92 Å². The van der Waals surface area contributed by atoms with Gasteiger partial charge in [0.25, 0.3) is 0 Å². The monoisotopic (exact) mass is 405 g/mol. The SMILES string of the molecule is CC(=O)OC1=C([C@@H](CC(=O)c2ccccn2)c2ccc(C)cc2)C(=O)CC(C)(C)C1. The van der Waals surface area contributed by atoms with E-state index in [0.29, 0.717) is 29.9 Å². The number of aromatic nitrogens is 1. The number of benzene rings is 1. The van der Waals surface area contributed by atoms with Crippen molar-refractivity contribution in [2.75, 3.05) is 0 Å². The van der Waals surface area contributed by atoms with E-state index in [1.54, 1.807) is 24.4 Å². The van der Waals surface area contributed by atoms with Gasteiger partial charge in [-0.15, -0.1) is 0 Å². The highest BCUT2D eigenvalue weighted by Gasteiger charge is 2.39. The number of carbonyl (C=O) groups excluding carboxylic acids is 3. The Kier molecular flexibility index (Phi) is 6.30. The van der Waals surface area contributed by atoms with Crippen LogP contribution in [0.25, 0.3) is 0 Å². The van der Waals surface area contributed by atoms with E-state index in [0.717, 1.165) is 11.1 Å². The van der Waals surface area contributed by atoms with Crippen molar-refractivity contribution >= 4 is 17.5 Å². The Hall–Kier alpha value is -3.08. The molecule has 0 amide bonds. The number of aryl methyl sites for hydroxylation is 1. The standard InChI is InChI=1S/C25H27NO4/c1-16-8-10-18(11-9-16)19(13-21(28)20-7-5-6-12-26-20)24-22(29)14-25(3,4)15-23(24)30-17(2)27/h5-12,19H,13-15H2,1-4H3/t19-/m0/s1. The van der Waals surface area contributed by atoms with Gasteiger partial charge in [-0.3, -0.25) is 19.4 Å². The molecule has 0 spiro atoms. The molecule has 0 saturated carbocycles. The highest BCUT2D eigenvalue weighted by Crippen LogP contribution is 2.43. The van der Waals surface area contributed by atoms with Crippen molar-refractivity contribution in [3.05, 3.63) is 76.8 Å². The summed E-state index contributed by atoms with van der Waals surface area (Å²) in [5.41, 5.74) is 2.40. The molecule has 156 valence electrons. The number of allylic oxidation sites excluding steroid dienone is 2. The average Bonchev–Trinajstić information content (AvgIpc) is 2.66. The number of carbonyl (C=O) groups is 3. The molecule has 1 aliphatic carbocycles. The molecule has 5 heteroatoms. The van der Waals surface area contributed by atoms with E-state index in [-0.39, 0.29) is 23.4 Å². The molecule has 30 heavy (non-hydrogen) atoms. The lowest BCUT2D eigenvalue weighted by atomic mass is 9.71. The molecule has 0 fully saturated rings. The maximum Gasteiger partial charge on any atom is 0.307 e. The average molecular weight is 405 g/mol. The summed E-state index contributed by atoms with van der Waals surface area (Å²) in [4.78, 5) is 42.2. The maximum atomic E-state index is 13.2. The molecule has 0 unspecified atom stereocenters. The second-order valence-corrected chi connectivity index (χ2v) is 8.68. The zero-order chi connectivity index (χ0) is 21.9. The fourth-order valence-electron chi connectivity index (χ4n) is 3.93. The maximum absolute atomic E-state index is 13.2. The molecular formula is C25H27NO4. The Labute approximate surface area is 177 Å². The molecule has 0 saturated heterocycles. The lowest BCUT2D eigenvalue weighted by molar-refractivity contribution is -0.138. The fraction of sp³-hybridized carbons (Fsp3) is 0.360. The first-order valence-electron chi connectivity index (χ1n) is 10.1. The van der Waals surface area contributed by atoms with Gasteiger partial charge in [0, 0.05) is 43.9 Å². The van der Waals surface area contributed by atoms with E-state index < -0.39 is 11.9 Å². The molecule has 0 N–H and O–H groups in total. The third-order valence-corrected chi connectivity index (χ3v) is 5.31. The Balaban J connectivity index is 2.10. The minimum atomic E-state index is -0.502. The fourth-order valence-corrected chi connectivity index (χ4v) is 3.93. The van der Waals surface area contributed by atoms with Crippen LogP contribution in [0.3, 0.4) is 0 Å². The normalized spacial score (nSPS) is 16.9. The number of hydrogen-bond acceptors (Lipinski definition) is 5. The second-order valence-electron chi connectivity index (χ2n) is 8.68. The van der Waals surface area contributed by atoms with Crippen LogP contribution in [0.4, 0.5) is 0 Å². The summed E-state index contributed by atoms with van der Waals surface area (Å²) in [5.74, 6) is -0.830. The molecule has 1 heterocycles. The molecule has 5 nitrogen and oxygen atoms in total. The van der Waals surface area contributed by atoms with Crippen LogP contribution < -0.4 is 0 Å². The van der Waals surface area contributed by atoms with Crippen molar-refractivity contribution in [3.63, 3.8) is 0 Å². The first-order chi connectivity index (χ1) is 14.2. The summed E-state index contributed by atoms with van der Waals surface area (Å²) in [6.45, 7) is 7.27. The number of hydrogen-bond donors (Lipinski definition) is 0. The lowest BCUT2D eigenvalue weighted by Crippen LogP contribution is -2.30. The number of rotatable bonds is 6. The second kappa shape index (κ2) is 8.74. The van der Waals surface area contributed by atoms with Gasteiger partial charge in [0.2, 0.25) is 0 Å². The van der Waals surface area contributed by atoms with Crippen LogP contribution in [0.15, 0.2) is 60.0 Å². The predicted octanol–water partition coefficient (Wildman–Crippen LogP) is 4.95.